The summed E-state index contributed by atoms with van der Waals surface area (Å²) in [4.78, 5) is 0. The average Bonchev–Trinajstić information content (AvgIpc) is 3.81. The number of fused-ring (bicyclic) bond motifs is 10. The smallest absolute Gasteiger partial charge is 0.0541 e. The van der Waals surface area contributed by atoms with E-state index in [0.29, 0.717) is 0 Å². The predicted octanol–water partition coefficient (Wildman–Crippen LogP) is 13.1. The van der Waals surface area contributed by atoms with Crippen LogP contribution in [0.25, 0.3) is 97.1 Å². The molecule has 3 heterocycles. The first-order chi connectivity index (χ1) is 24.3. The van der Waals surface area contributed by atoms with Crippen molar-refractivity contribution in [3.8, 4) is 22.5 Å². The molecule has 228 valence electrons. The fraction of sp³-hybridized carbons (Fsp3) is 0. The molecule has 3 aromatic heterocycles. The van der Waals surface area contributed by atoms with E-state index in [0.717, 1.165) is 0 Å². The first-order valence-corrected chi connectivity index (χ1v) is 17.6. The van der Waals surface area contributed by atoms with E-state index in [9.17, 15) is 0 Å². The molecule has 11 aromatic rings. The van der Waals surface area contributed by atoms with Crippen molar-refractivity contribution in [3.05, 3.63) is 170 Å². The summed E-state index contributed by atoms with van der Waals surface area (Å²) in [5.41, 5.74) is 9.73. The van der Waals surface area contributed by atoms with Crippen molar-refractivity contribution in [2.24, 2.45) is 0 Å². The molecule has 0 bridgehead atoms. The van der Waals surface area contributed by atoms with Gasteiger partial charge in [0.05, 0.1) is 27.8 Å². The van der Waals surface area contributed by atoms with Gasteiger partial charge in [-0.15, -0.1) is 11.3 Å². The van der Waals surface area contributed by atoms with E-state index in [1.165, 1.54) is 97.1 Å². The van der Waals surface area contributed by atoms with Gasteiger partial charge in [0, 0.05) is 52.8 Å². The van der Waals surface area contributed by atoms with E-state index in [1.54, 1.807) is 0 Å². The highest BCUT2D eigenvalue weighted by molar-refractivity contribution is 7.25. The van der Waals surface area contributed by atoms with Crippen LogP contribution in [-0.4, -0.2) is 9.13 Å². The highest BCUT2D eigenvalue weighted by Crippen LogP contribution is 2.40. The van der Waals surface area contributed by atoms with E-state index in [4.69, 9.17) is 0 Å². The predicted molar refractivity (Wildman–Crippen MR) is 211 cm³/mol. The molecular formula is C46H28N2S. The van der Waals surface area contributed by atoms with Gasteiger partial charge in [0.1, 0.15) is 0 Å². The van der Waals surface area contributed by atoms with E-state index in [2.05, 4.69) is 179 Å². The van der Waals surface area contributed by atoms with Crippen molar-refractivity contribution in [2.45, 2.75) is 0 Å². The van der Waals surface area contributed by atoms with Gasteiger partial charge in [-0.25, -0.2) is 0 Å². The van der Waals surface area contributed by atoms with E-state index in [-0.39, 0.29) is 0 Å². The fourth-order valence-corrected chi connectivity index (χ4v) is 9.24. The Hall–Kier alpha value is -6.16. The molecule has 0 aliphatic heterocycles. The second-order valence-corrected chi connectivity index (χ2v) is 14.0. The summed E-state index contributed by atoms with van der Waals surface area (Å²) in [7, 11) is 0. The molecule has 0 amide bonds. The van der Waals surface area contributed by atoms with Crippen LogP contribution in [0, 0.1) is 0 Å². The summed E-state index contributed by atoms with van der Waals surface area (Å²) < 4.78 is 7.51. The van der Waals surface area contributed by atoms with Crippen molar-refractivity contribution in [1.29, 1.82) is 0 Å². The van der Waals surface area contributed by atoms with Gasteiger partial charge >= 0.3 is 0 Å². The zero-order valence-electron chi connectivity index (χ0n) is 26.5. The van der Waals surface area contributed by atoms with Gasteiger partial charge in [0.2, 0.25) is 0 Å². The van der Waals surface area contributed by atoms with Crippen LogP contribution < -0.4 is 0 Å². The molecule has 0 aliphatic carbocycles. The van der Waals surface area contributed by atoms with Crippen molar-refractivity contribution >= 4 is 85.9 Å². The van der Waals surface area contributed by atoms with Crippen LogP contribution in [0.4, 0.5) is 0 Å². The number of nitrogens with zero attached hydrogens (tertiary/aromatic N) is 2. The summed E-state index contributed by atoms with van der Waals surface area (Å²) in [6.45, 7) is 0. The number of hydrogen-bond acceptors (Lipinski definition) is 1. The maximum absolute atomic E-state index is 2.43. The van der Waals surface area contributed by atoms with Gasteiger partial charge in [-0.1, -0.05) is 109 Å². The Kier molecular flexibility index (Phi) is 5.57. The first kappa shape index (κ1) is 26.9. The second kappa shape index (κ2) is 10.2. The Bertz CT molecular complexity index is 3110. The normalized spacial score (nSPS) is 12.1. The molecule has 0 N–H and O–H groups in total. The van der Waals surface area contributed by atoms with E-state index < -0.39 is 0 Å². The first-order valence-electron chi connectivity index (χ1n) is 16.8. The van der Waals surface area contributed by atoms with Gasteiger partial charge < -0.3 is 9.13 Å². The van der Waals surface area contributed by atoms with Crippen molar-refractivity contribution in [1.82, 2.24) is 9.13 Å². The van der Waals surface area contributed by atoms with Crippen LogP contribution >= 0.6 is 11.3 Å². The standard InChI is InChI=1S/C46H28N2S/c1-2-12-33-29(10-1)11-9-18-40(33)48-42-17-7-4-14-35(42)39-27-31(21-25-44(39)48)30-20-24-43-38(26-30)34-13-3-6-16-41(34)47(43)32-22-23-37-36-15-5-8-19-45(36)49-46(37)28-32/h1-28H. The van der Waals surface area contributed by atoms with Crippen molar-refractivity contribution < 1.29 is 0 Å². The Morgan fingerprint density at radius 2 is 0.878 bits per heavy atom. The third-order valence-corrected chi connectivity index (χ3v) is 11.4. The van der Waals surface area contributed by atoms with Crippen LogP contribution in [0.2, 0.25) is 0 Å². The minimum absolute atomic E-state index is 1.20. The average molecular weight is 641 g/mol. The quantitative estimate of drug-likeness (QED) is 0.182. The maximum atomic E-state index is 2.43. The molecule has 0 spiro atoms. The molecule has 0 aliphatic rings. The zero-order chi connectivity index (χ0) is 32.1. The largest absolute Gasteiger partial charge is 0.309 e. The maximum Gasteiger partial charge on any atom is 0.0541 e. The molecule has 0 fully saturated rings. The van der Waals surface area contributed by atoms with Crippen LogP contribution in [-0.2, 0) is 0 Å². The molecule has 11 rings (SSSR count). The number of aromatic nitrogens is 2. The second-order valence-electron chi connectivity index (χ2n) is 12.9. The molecule has 0 radical (unpaired) electrons. The summed E-state index contributed by atoms with van der Waals surface area (Å²) >= 11 is 1.87. The SMILES string of the molecule is c1ccc2c(-n3c4ccccc4c4cc(-c5ccc6c(c5)c5ccccc5n6-c5ccc6c(c5)sc5ccccc56)ccc43)cccc2c1. The third kappa shape index (κ3) is 3.88. The Balaban J connectivity index is 1.10. The van der Waals surface area contributed by atoms with E-state index >= 15 is 0 Å². The van der Waals surface area contributed by atoms with Crippen LogP contribution in [0.3, 0.4) is 0 Å². The number of hydrogen-bond donors (Lipinski definition) is 0. The molecule has 2 nitrogen and oxygen atoms in total. The highest BCUT2D eigenvalue weighted by Gasteiger charge is 2.17. The number of benzene rings is 8. The Labute approximate surface area is 286 Å². The molecular weight excluding hydrogens is 613 g/mol. The van der Waals surface area contributed by atoms with Gasteiger partial charge in [0.25, 0.3) is 0 Å². The number of rotatable bonds is 3. The number of thiophene rings is 1. The lowest BCUT2D eigenvalue weighted by Gasteiger charge is -2.12. The summed E-state index contributed by atoms with van der Waals surface area (Å²) in [5, 5.41) is 10.2. The minimum Gasteiger partial charge on any atom is -0.309 e. The van der Waals surface area contributed by atoms with Crippen molar-refractivity contribution in [3.63, 3.8) is 0 Å². The van der Waals surface area contributed by atoms with Crippen LogP contribution in [0.15, 0.2) is 170 Å². The molecule has 0 unspecified atom stereocenters. The molecule has 8 aromatic carbocycles. The fourth-order valence-electron chi connectivity index (χ4n) is 8.10. The van der Waals surface area contributed by atoms with Gasteiger partial charge in [0.15, 0.2) is 0 Å². The monoisotopic (exact) mass is 640 g/mol. The van der Waals surface area contributed by atoms with Gasteiger partial charge in [-0.05, 0) is 77.2 Å². The zero-order valence-corrected chi connectivity index (χ0v) is 27.3. The summed E-state index contributed by atoms with van der Waals surface area (Å²) in [6.07, 6.45) is 0. The molecule has 3 heteroatoms. The lowest BCUT2D eigenvalue weighted by Crippen LogP contribution is -1.95. The van der Waals surface area contributed by atoms with Gasteiger partial charge in [-0.2, -0.15) is 0 Å². The lowest BCUT2D eigenvalue weighted by molar-refractivity contribution is 1.19. The third-order valence-electron chi connectivity index (χ3n) is 10.3. The highest BCUT2D eigenvalue weighted by atomic mass is 32.1. The lowest BCUT2D eigenvalue weighted by atomic mass is 10.0. The van der Waals surface area contributed by atoms with E-state index in [1.807, 2.05) is 11.3 Å². The van der Waals surface area contributed by atoms with Gasteiger partial charge in [-0.3, -0.25) is 0 Å². The Morgan fingerprint density at radius 3 is 1.63 bits per heavy atom. The summed E-state index contributed by atoms with van der Waals surface area (Å²) in [5.74, 6) is 0. The molecule has 0 saturated carbocycles. The topological polar surface area (TPSA) is 9.86 Å². The van der Waals surface area contributed by atoms with Crippen molar-refractivity contribution in [2.75, 3.05) is 0 Å². The molecule has 0 atom stereocenters. The van der Waals surface area contributed by atoms with Crippen LogP contribution in [0.5, 0.6) is 0 Å². The minimum atomic E-state index is 1.20. The molecule has 49 heavy (non-hydrogen) atoms. The Morgan fingerprint density at radius 1 is 0.327 bits per heavy atom. The number of para-hydroxylation sites is 2. The summed E-state index contributed by atoms with van der Waals surface area (Å²) in [6, 6.07) is 62.5. The molecule has 0 saturated heterocycles. The van der Waals surface area contributed by atoms with Crippen LogP contribution in [0.1, 0.15) is 0 Å².